The largest absolute Gasteiger partial charge is 0.416 e. The van der Waals surface area contributed by atoms with E-state index in [4.69, 9.17) is 0 Å². The van der Waals surface area contributed by atoms with E-state index < -0.39 is 45.9 Å². The molecule has 2 heterocycles. The van der Waals surface area contributed by atoms with Crippen molar-refractivity contribution in [1.82, 2.24) is 9.78 Å². The highest BCUT2D eigenvalue weighted by Gasteiger charge is 2.37. The fourth-order valence-corrected chi connectivity index (χ4v) is 3.60. The Balaban J connectivity index is 1.59. The summed E-state index contributed by atoms with van der Waals surface area (Å²) in [6, 6.07) is 7.24. The Morgan fingerprint density at radius 2 is 1.97 bits per heavy atom. The Bertz CT molecular complexity index is 1280. The predicted molar refractivity (Wildman–Crippen MR) is 111 cm³/mol. The highest BCUT2D eigenvalue weighted by molar-refractivity contribution is 6.04. The van der Waals surface area contributed by atoms with Crippen molar-refractivity contribution in [3.8, 4) is 5.69 Å². The number of benzene rings is 2. The molecular formula is C21H15F4N5O4. The van der Waals surface area contributed by atoms with Crippen LogP contribution >= 0.6 is 0 Å². The second-order valence-electron chi connectivity index (χ2n) is 7.47. The summed E-state index contributed by atoms with van der Waals surface area (Å²) < 4.78 is 54.6. The molecule has 9 nitrogen and oxygen atoms in total. The molecule has 1 aliphatic rings. The van der Waals surface area contributed by atoms with E-state index in [1.165, 1.54) is 23.1 Å². The van der Waals surface area contributed by atoms with Gasteiger partial charge in [-0.05, 0) is 36.4 Å². The smallest absolute Gasteiger partial charge is 0.324 e. The van der Waals surface area contributed by atoms with Gasteiger partial charge in [0.1, 0.15) is 0 Å². The topological polar surface area (TPSA) is 110 Å². The van der Waals surface area contributed by atoms with Gasteiger partial charge < -0.3 is 10.2 Å². The number of hydrogen-bond acceptors (Lipinski definition) is 5. The molecule has 1 atom stereocenters. The van der Waals surface area contributed by atoms with Crippen LogP contribution in [0.3, 0.4) is 0 Å². The van der Waals surface area contributed by atoms with Gasteiger partial charge in [-0.1, -0.05) is 0 Å². The zero-order chi connectivity index (χ0) is 24.6. The van der Waals surface area contributed by atoms with Gasteiger partial charge in [-0.3, -0.25) is 19.7 Å². The maximum Gasteiger partial charge on any atom is 0.416 e. The van der Waals surface area contributed by atoms with Gasteiger partial charge in [0.05, 0.1) is 33.5 Å². The highest BCUT2D eigenvalue weighted by Crippen LogP contribution is 2.34. The molecule has 1 N–H and O–H groups in total. The van der Waals surface area contributed by atoms with Crippen molar-refractivity contribution in [2.75, 3.05) is 16.8 Å². The maximum absolute atomic E-state index is 13.6. The van der Waals surface area contributed by atoms with Crippen molar-refractivity contribution in [3.05, 3.63) is 76.4 Å². The van der Waals surface area contributed by atoms with E-state index in [9.17, 15) is 37.3 Å². The van der Waals surface area contributed by atoms with Gasteiger partial charge in [0, 0.05) is 31.4 Å². The van der Waals surface area contributed by atoms with Gasteiger partial charge in [0.2, 0.25) is 17.6 Å². The van der Waals surface area contributed by atoms with Crippen LogP contribution in [0.4, 0.5) is 34.6 Å². The van der Waals surface area contributed by atoms with Gasteiger partial charge in [0.25, 0.3) is 0 Å². The van der Waals surface area contributed by atoms with Gasteiger partial charge in [-0.2, -0.15) is 22.7 Å². The lowest BCUT2D eigenvalue weighted by atomic mass is 10.1. The summed E-state index contributed by atoms with van der Waals surface area (Å²) in [6.45, 7) is -0.191. The van der Waals surface area contributed by atoms with E-state index in [2.05, 4.69) is 10.4 Å². The third-order valence-electron chi connectivity index (χ3n) is 5.27. The summed E-state index contributed by atoms with van der Waals surface area (Å²) in [5, 5.41) is 17.4. The van der Waals surface area contributed by atoms with E-state index >= 15 is 0 Å². The predicted octanol–water partition coefficient (Wildman–Crippen LogP) is 3.93. The van der Waals surface area contributed by atoms with Crippen molar-refractivity contribution in [2.45, 2.75) is 12.6 Å². The fourth-order valence-electron chi connectivity index (χ4n) is 3.60. The fraction of sp³-hybridized carbons (Fsp3) is 0.190. The summed E-state index contributed by atoms with van der Waals surface area (Å²) >= 11 is 0. The average molecular weight is 477 g/mol. The van der Waals surface area contributed by atoms with Crippen LogP contribution in [-0.4, -0.2) is 33.1 Å². The first-order valence-corrected chi connectivity index (χ1v) is 9.81. The molecule has 1 aliphatic heterocycles. The van der Waals surface area contributed by atoms with Gasteiger partial charge >= 0.3 is 11.9 Å². The number of alkyl halides is 3. The number of halogens is 4. The average Bonchev–Trinajstić information content (AvgIpc) is 3.43. The van der Waals surface area contributed by atoms with Crippen molar-refractivity contribution < 1.29 is 32.1 Å². The molecule has 0 bridgehead atoms. The third-order valence-corrected chi connectivity index (χ3v) is 5.27. The van der Waals surface area contributed by atoms with Gasteiger partial charge in [-0.15, -0.1) is 0 Å². The molecule has 4 rings (SSSR count). The van der Waals surface area contributed by atoms with Gasteiger partial charge in [0.15, 0.2) is 0 Å². The molecule has 3 aromatic rings. The van der Waals surface area contributed by atoms with Crippen LogP contribution in [0.25, 0.3) is 5.69 Å². The number of nitrogens with zero attached hydrogens (tertiary/aromatic N) is 4. The van der Waals surface area contributed by atoms with Crippen LogP contribution in [0.5, 0.6) is 0 Å². The number of nitrogens with one attached hydrogen (secondary N) is 1. The molecule has 34 heavy (non-hydrogen) atoms. The zero-order valence-corrected chi connectivity index (χ0v) is 17.1. The zero-order valence-electron chi connectivity index (χ0n) is 17.1. The van der Waals surface area contributed by atoms with E-state index in [-0.39, 0.29) is 30.0 Å². The van der Waals surface area contributed by atoms with E-state index in [0.717, 1.165) is 35.2 Å². The lowest BCUT2D eigenvalue weighted by molar-refractivity contribution is -0.387. The number of hydrogen-bond donors (Lipinski definition) is 1. The Morgan fingerprint density at radius 1 is 1.21 bits per heavy atom. The van der Waals surface area contributed by atoms with Crippen LogP contribution < -0.4 is 10.2 Å². The molecule has 1 unspecified atom stereocenters. The van der Waals surface area contributed by atoms with Crippen LogP contribution in [0, 0.1) is 21.8 Å². The summed E-state index contributed by atoms with van der Waals surface area (Å²) in [6.07, 6.45) is -2.04. The van der Waals surface area contributed by atoms with Crippen molar-refractivity contribution >= 4 is 28.9 Å². The molecule has 0 spiro atoms. The van der Waals surface area contributed by atoms with Crippen LogP contribution in [0.15, 0.2) is 54.9 Å². The summed E-state index contributed by atoms with van der Waals surface area (Å²) in [4.78, 5) is 36.5. The highest BCUT2D eigenvalue weighted by atomic mass is 19.4. The molecule has 1 saturated heterocycles. The minimum absolute atomic E-state index is 0.0321. The van der Waals surface area contributed by atoms with Crippen LogP contribution in [-0.2, 0) is 15.8 Å². The summed E-state index contributed by atoms with van der Waals surface area (Å²) in [5.74, 6) is -3.31. The molecule has 1 aromatic heterocycles. The Hall–Kier alpha value is -4.29. The number of carbonyl (C=O) groups is 2. The quantitative estimate of drug-likeness (QED) is 0.340. The summed E-state index contributed by atoms with van der Waals surface area (Å²) in [7, 11) is 0. The van der Waals surface area contributed by atoms with E-state index in [1.54, 1.807) is 6.07 Å². The molecule has 0 aliphatic carbocycles. The van der Waals surface area contributed by atoms with Crippen LogP contribution in [0.2, 0.25) is 0 Å². The molecule has 13 heteroatoms. The first-order chi connectivity index (χ1) is 16.0. The first kappa shape index (κ1) is 22.9. The number of nitro groups is 1. The number of amides is 2. The minimum Gasteiger partial charge on any atom is -0.324 e. The second-order valence-corrected chi connectivity index (χ2v) is 7.47. The number of aromatic nitrogens is 2. The number of anilines is 2. The molecular weight excluding hydrogens is 462 g/mol. The van der Waals surface area contributed by atoms with Crippen molar-refractivity contribution in [3.63, 3.8) is 0 Å². The third kappa shape index (κ3) is 4.44. The second kappa shape index (κ2) is 8.57. The first-order valence-electron chi connectivity index (χ1n) is 9.81. The number of nitro benzene ring substituents is 1. The maximum atomic E-state index is 13.6. The SMILES string of the molecule is O=C(Nc1cc(C(F)(F)F)ccc1-n1cccn1)C1CC(=O)N(c2ccc(F)c([N+](=O)[O-])c2)C1. The van der Waals surface area contributed by atoms with E-state index in [0.29, 0.717) is 0 Å². The molecule has 0 radical (unpaired) electrons. The Labute approximate surface area is 188 Å². The van der Waals surface area contributed by atoms with E-state index in [1.807, 2.05) is 0 Å². The Kier molecular flexibility index (Phi) is 5.77. The van der Waals surface area contributed by atoms with Crippen LogP contribution in [0.1, 0.15) is 12.0 Å². The summed E-state index contributed by atoms with van der Waals surface area (Å²) in [5.41, 5.74) is -1.76. The van der Waals surface area contributed by atoms with Crippen molar-refractivity contribution in [2.24, 2.45) is 5.92 Å². The molecule has 2 amide bonds. The molecule has 1 fully saturated rings. The normalized spacial score (nSPS) is 16.1. The number of rotatable bonds is 5. The lowest BCUT2D eigenvalue weighted by Gasteiger charge is -2.18. The lowest BCUT2D eigenvalue weighted by Crippen LogP contribution is -2.28. The van der Waals surface area contributed by atoms with Crippen molar-refractivity contribution in [1.29, 1.82) is 0 Å². The minimum atomic E-state index is -4.65. The molecule has 176 valence electrons. The Morgan fingerprint density at radius 3 is 2.62 bits per heavy atom. The van der Waals surface area contributed by atoms with Gasteiger partial charge in [-0.25, -0.2) is 4.68 Å². The standard InChI is InChI=1S/C21H15F4N5O4/c22-15-4-3-14(10-18(15)30(33)34)28-11-12(8-19(28)31)20(32)27-16-9-13(21(23,24)25)2-5-17(16)29-7-1-6-26-29/h1-7,9-10,12H,8,11H2,(H,27,32). The monoisotopic (exact) mass is 477 g/mol. The number of carbonyl (C=O) groups excluding carboxylic acids is 2. The molecule has 2 aromatic carbocycles. The molecule has 0 saturated carbocycles.